The molecule has 0 aliphatic rings. The van der Waals surface area contributed by atoms with Crippen LogP contribution in [0.1, 0.15) is 37.6 Å². The molecule has 0 aliphatic carbocycles. The molecular weight excluding hydrogens is 472 g/mol. The molecule has 176 valence electrons. The van der Waals surface area contributed by atoms with Gasteiger partial charge in [-0.15, -0.1) is 12.4 Å². The largest absolute Gasteiger partial charge is 0.417 e. The molecule has 0 unspecified atom stereocenters. The molecule has 0 atom stereocenters. The number of rotatable bonds is 2. The molecule has 0 radical (unpaired) electrons. The third-order valence-electron chi connectivity index (χ3n) is 4.96. The lowest BCUT2D eigenvalue weighted by molar-refractivity contribution is -0.142. The number of H-pyrrole nitrogens is 1. The summed E-state index contributed by atoms with van der Waals surface area (Å²) in [5.41, 5.74) is -2.89. The molecule has 4 nitrogen and oxygen atoms in total. The summed E-state index contributed by atoms with van der Waals surface area (Å²) in [6.07, 6.45) is -9.93. The van der Waals surface area contributed by atoms with Gasteiger partial charge in [0.2, 0.25) is 5.76 Å². The van der Waals surface area contributed by atoms with E-state index in [4.69, 9.17) is 4.52 Å². The van der Waals surface area contributed by atoms with Gasteiger partial charge in [-0.05, 0) is 29.8 Å². The van der Waals surface area contributed by atoms with Gasteiger partial charge >= 0.3 is 12.4 Å². The van der Waals surface area contributed by atoms with Gasteiger partial charge in [0.1, 0.15) is 0 Å². The van der Waals surface area contributed by atoms with E-state index in [2.05, 4.69) is 15.1 Å². The fraction of sp³-hybridized carbons (Fsp3) is 0.273. The standard InChI is InChI=1S/C22H17F6N3O.ClH/c1-20(2,3)17-10-16(32-31-17)19-29-14-8-7-11(9-15(14)30-19)18-12(21(23,24)25)5-4-6-13(18)22(26,27)28;/h4-10H,1-3H3,(H,29,30);1H. The van der Waals surface area contributed by atoms with Crippen molar-refractivity contribution in [2.24, 2.45) is 0 Å². The third-order valence-corrected chi connectivity index (χ3v) is 4.96. The summed E-state index contributed by atoms with van der Waals surface area (Å²) in [5, 5.41) is 3.99. The molecule has 11 heteroatoms. The molecule has 0 fully saturated rings. The van der Waals surface area contributed by atoms with E-state index in [1.807, 2.05) is 20.8 Å². The van der Waals surface area contributed by atoms with Crippen molar-refractivity contribution >= 4 is 23.4 Å². The van der Waals surface area contributed by atoms with Gasteiger partial charge in [-0.3, -0.25) is 0 Å². The number of halogens is 7. The fourth-order valence-electron chi connectivity index (χ4n) is 3.36. The molecule has 2 heterocycles. The number of fused-ring (bicyclic) bond motifs is 1. The Labute approximate surface area is 190 Å². The van der Waals surface area contributed by atoms with Crippen LogP contribution in [0, 0.1) is 0 Å². The van der Waals surface area contributed by atoms with Crippen LogP contribution in [0.5, 0.6) is 0 Å². The smallest absolute Gasteiger partial charge is 0.353 e. The van der Waals surface area contributed by atoms with E-state index in [1.165, 1.54) is 18.2 Å². The number of hydrogen-bond donors (Lipinski definition) is 1. The number of aromatic amines is 1. The molecule has 2 aromatic heterocycles. The molecular formula is C22H18ClF6N3O. The van der Waals surface area contributed by atoms with Gasteiger partial charge in [0.25, 0.3) is 0 Å². The van der Waals surface area contributed by atoms with Crippen LogP contribution in [0.3, 0.4) is 0 Å². The van der Waals surface area contributed by atoms with Crippen molar-refractivity contribution in [3.63, 3.8) is 0 Å². The Morgan fingerprint density at radius 2 is 1.45 bits per heavy atom. The molecule has 1 N–H and O–H groups in total. The molecule has 4 rings (SSSR count). The first-order valence-electron chi connectivity index (χ1n) is 9.50. The molecule has 0 saturated carbocycles. The van der Waals surface area contributed by atoms with Crippen molar-refractivity contribution in [2.45, 2.75) is 38.5 Å². The highest BCUT2D eigenvalue weighted by Crippen LogP contribution is 2.44. The lowest BCUT2D eigenvalue weighted by Crippen LogP contribution is -2.14. The number of hydrogen-bond acceptors (Lipinski definition) is 3. The minimum Gasteiger partial charge on any atom is -0.353 e. The molecule has 0 bridgehead atoms. The molecule has 4 aromatic rings. The van der Waals surface area contributed by atoms with Gasteiger partial charge in [-0.25, -0.2) is 4.98 Å². The van der Waals surface area contributed by atoms with E-state index in [1.54, 1.807) is 6.07 Å². The Morgan fingerprint density at radius 3 is 1.97 bits per heavy atom. The zero-order valence-electron chi connectivity index (χ0n) is 17.5. The first kappa shape index (κ1) is 24.6. The number of alkyl halides is 6. The van der Waals surface area contributed by atoms with E-state index in [-0.39, 0.29) is 34.7 Å². The van der Waals surface area contributed by atoms with Crippen LogP contribution in [-0.4, -0.2) is 15.1 Å². The van der Waals surface area contributed by atoms with Gasteiger partial charge in [0, 0.05) is 17.0 Å². The summed E-state index contributed by atoms with van der Waals surface area (Å²) in [4.78, 5) is 7.22. The van der Waals surface area contributed by atoms with Gasteiger partial charge in [-0.2, -0.15) is 26.3 Å². The quantitative estimate of drug-likeness (QED) is 0.294. The zero-order chi connectivity index (χ0) is 23.5. The van der Waals surface area contributed by atoms with Crippen LogP contribution in [0.25, 0.3) is 33.7 Å². The highest BCUT2D eigenvalue weighted by atomic mass is 35.5. The Hall–Kier alpha value is -3.01. The Balaban J connectivity index is 0.00000306. The maximum absolute atomic E-state index is 13.5. The third kappa shape index (κ3) is 4.71. The molecule has 2 aromatic carbocycles. The predicted octanol–water partition coefficient (Wildman–Crippen LogP) is 7.64. The first-order chi connectivity index (χ1) is 14.7. The van der Waals surface area contributed by atoms with Gasteiger partial charge in [0.05, 0.1) is 27.9 Å². The van der Waals surface area contributed by atoms with Crippen molar-refractivity contribution in [3.8, 4) is 22.7 Å². The lowest BCUT2D eigenvalue weighted by atomic mass is 9.92. The molecule has 0 spiro atoms. The average molecular weight is 490 g/mol. The van der Waals surface area contributed by atoms with E-state index >= 15 is 0 Å². The van der Waals surface area contributed by atoms with Gasteiger partial charge in [0.15, 0.2) is 5.82 Å². The zero-order valence-corrected chi connectivity index (χ0v) is 18.3. The minimum absolute atomic E-state index is 0. The van der Waals surface area contributed by atoms with E-state index < -0.39 is 29.0 Å². The van der Waals surface area contributed by atoms with Crippen molar-refractivity contribution in [1.29, 1.82) is 0 Å². The van der Waals surface area contributed by atoms with Crippen molar-refractivity contribution in [3.05, 3.63) is 59.3 Å². The van der Waals surface area contributed by atoms with Crippen LogP contribution in [0.4, 0.5) is 26.3 Å². The van der Waals surface area contributed by atoms with Crippen molar-refractivity contribution < 1.29 is 30.9 Å². The number of nitrogens with zero attached hydrogens (tertiary/aromatic N) is 2. The summed E-state index contributed by atoms with van der Waals surface area (Å²) in [6, 6.07) is 7.46. The second-order valence-electron chi connectivity index (χ2n) is 8.37. The minimum atomic E-state index is -4.96. The summed E-state index contributed by atoms with van der Waals surface area (Å²) >= 11 is 0. The molecule has 0 aliphatic heterocycles. The number of nitrogens with one attached hydrogen (secondary N) is 1. The van der Waals surface area contributed by atoms with Crippen molar-refractivity contribution in [1.82, 2.24) is 15.1 Å². The summed E-state index contributed by atoms with van der Waals surface area (Å²) < 4.78 is 86.5. The molecule has 33 heavy (non-hydrogen) atoms. The SMILES string of the molecule is CC(C)(C)c1cc(-c2nc3ccc(-c4c(C(F)(F)F)cccc4C(F)(F)F)cc3[nH]2)on1.Cl. The van der Waals surface area contributed by atoms with Crippen molar-refractivity contribution in [2.75, 3.05) is 0 Å². The van der Waals surface area contributed by atoms with E-state index in [0.717, 1.165) is 6.07 Å². The first-order valence-corrected chi connectivity index (χ1v) is 9.50. The van der Waals surface area contributed by atoms with Crippen LogP contribution < -0.4 is 0 Å². The van der Waals surface area contributed by atoms with E-state index in [9.17, 15) is 26.3 Å². The second-order valence-corrected chi connectivity index (χ2v) is 8.37. The number of imidazole rings is 1. The topological polar surface area (TPSA) is 54.7 Å². The van der Waals surface area contributed by atoms with Gasteiger partial charge in [-0.1, -0.05) is 38.1 Å². The maximum Gasteiger partial charge on any atom is 0.417 e. The second kappa shape index (κ2) is 8.09. The predicted molar refractivity (Wildman–Crippen MR) is 113 cm³/mol. The summed E-state index contributed by atoms with van der Waals surface area (Å²) in [5.74, 6) is 0.569. The van der Waals surface area contributed by atoms with Crippen LogP contribution in [0.15, 0.2) is 47.0 Å². The highest BCUT2D eigenvalue weighted by Gasteiger charge is 2.41. The summed E-state index contributed by atoms with van der Waals surface area (Å²) in [6.45, 7) is 5.82. The fourth-order valence-corrected chi connectivity index (χ4v) is 3.36. The molecule has 0 saturated heterocycles. The Morgan fingerprint density at radius 1 is 0.848 bits per heavy atom. The van der Waals surface area contributed by atoms with Crippen LogP contribution in [-0.2, 0) is 17.8 Å². The molecule has 0 amide bonds. The Kier molecular flexibility index (Phi) is 6.04. The summed E-state index contributed by atoms with van der Waals surface area (Å²) in [7, 11) is 0. The number of benzene rings is 2. The van der Waals surface area contributed by atoms with E-state index in [0.29, 0.717) is 29.1 Å². The van der Waals surface area contributed by atoms with Gasteiger partial charge < -0.3 is 9.51 Å². The number of aromatic nitrogens is 3. The monoisotopic (exact) mass is 489 g/mol. The normalized spacial score (nSPS) is 12.8. The highest BCUT2D eigenvalue weighted by molar-refractivity contribution is 5.86. The average Bonchev–Trinajstić information content (AvgIpc) is 3.32. The Bertz CT molecular complexity index is 1270. The van der Waals surface area contributed by atoms with Crippen LogP contribution >= 0.6 is 12.4 Å². The maximum atomic E-state index is 13.5. The lowest BCUT2D eigenvalue weighted by Gasteiger charge is -2.18. The van der Waals surface area contributed by atoms with Crippen LogP contribution in [0.2, 0.25) is 0 Å².